The number of nitrogens with zero attached hydrogens (tertiary/aromatic N) is 4. The van der Waals surface area contributed by atoms with E-state index in [1.807, 2.05) is 14.1 Å². The normalized spacial score (nSPS) is 19.4. The van der Waals surface area contributed by atoms with Crippen molar-refractivity contribution in [1.82, 2.24) is 15.3 Å². The molecule has 10 nitrogen and oxygen atoms in total. The number of nitro groups is 1. The van der Waals surface area contributed by atoms with Crippen molar-refractivity contribution in [1.29, 1.82) is 0 Å². The summed E-state index contributed by atoms with van der Waals surface area (Å²) >= 11 is 0. The minimum Gasteiger partial charge on any atom is -0.490 e. The highest BCUT2D eigenvalue weighted by Gasteiger charge is 2.25. The molecule has 1 aromatic heterocycles. The van der Waals surface area contributed by atoms with Gasteiger partial charge in [-0.15, -0.1) is 0 Å². The first-order valence-electron chi connectivity index (χ1n) is 12.3. The van der Waals surface area contributed by atoms with Crippen molar-refractivity contribution in [3.05, 3.63) is 45.1 Å². The van der Waals surface area contributed by atoms with Gasteiger partial charge in [0.25, 0.3) is 5.91 Å². The number of carbonyl (C=O) groups excluding carboxylic acids is 1. The number of nitro benzene ring substituents is 1. The number of aryl methyl sites for hydroxylation is 1. The Bertz CT molecular complexity index is 1080. The lowest BCUT2D eigenvalue weighted by Crippen LogP contribution is -2.34. The van der Waals surface area contributed by atoms with Crippen molar-refractivity contribution >= 4 is 23.4 Å². The number of aromatic nitrogens is 2. The second-order valence-corrected chi connectivity index (χ2v) is 9.61. The van der Waals surface area contributed by atoms with E-state index in [4.69, 9.17) is 14.7 Å². The van der Waals surface area contributed by atoms with Crippen molar-refractivity contribution in [2.45, 2.75) is 57.4 Å². The quantitative estimate of drug-likeness (QED) is 0.431. The Morgan fingerprint density at radius 2 is 1.91 bits per heavy atom. The van der Waals surface area contributed by atoms with Gasteiger partial charge in [-0.3, -0.25) is 14.9 Å². The third kappa shape index (κ3) is 5.80. The van der Waals surface area contributed by atoms with E-state index >= 15 is 0 Å². The van der Waals surface area contributed by atoms with Crippen LogP contribution in [0.25, 0.3) is 0 Å². The fourth-order valence-corrected chi connectivity index (χ4v) is 5.01. The molecule has 0 radical (unpaired) electrons. The largest absolute Gasteiger partial charge is 0.490 e. The van der Waals surface area contributed by atoms with Crippen LogP contribution in [0.1, 0.15) is 60.1 Å². The second-order valence-electron chi connectivity index (χ2n) is 9.61. The average molecular weight is 483 g/mol. The molecule has 2 aliphatic rings. The van der Waals surface area contributed by atoms with Gasteiger partial charge in [0.15, 0.2) is 5.75 Å². The lowest BCUT2D eigenvalue weighted by atomic mass is 9.86. The Morgan fingerprint density at radius 3 is 2.60 bits per heavy atom. The number of nitrogens with one attached hydrogen (secondary N) is 2. The molecular formula is C25H34N6O4. The van der Waals surface area contributed by atoms with Gasteiger partial charge in [-0.2, -0.15) is 4.98 Å². The van der Waals surface area contributed by atoms with Crippen LogP contribution < -0.4 is 20.3 Å². The number of hydrogen-bond donors (Lipinski definition) is 2. The molecule has 2 aliphatic carbocycles. The Morgan fingerprint density at radius 1 is 1.17 bits per heavy atom. The predicted molar refractivity (Wildman–Crippen MR) is 134 cm³/mol. The highest BCUT2D eigenvalue weighted by molar-refractivity contribution is 5.95. The zero-order valence-electron chi connectivity index (χ0n) is 20.7. The van der Waals surface area contributed by atoms with Gasteiger partial charge in [-0.25, -0.2) is 4.98 Å². The van der Waals surface area contributed by atoms with Gasteiger partial charge in [0.05, 0.1) is 17.7 Å². The summed E-state index contributed by atoms with van der Waals surface area (Å²) in [6.07, 6.45) is 8.41. The molecule has 2 aromatic rings. The number of hydrogen-bond acceptors (Lipinski definition) is 8. The van der Waals surface area contributed by atoms with Crippen molar-refractivity contribution in [2.75, 3.05) is 38.0 Å². The first kappa shape index (κ1) is 24.7. The second kappa shape index (κ2) is 10.9. The Kier molecular flexibility index (Phi) is 7.67. The van der Waals surface area contributed by atoms with E-state index in [1.165, 1.54) is 49.4 Å². The van der Waals surface area contributed by atoms with Gasteiger partial charge in [0.1, 0.15) is 5.82 Å². The summed E-state index contributed by atoms with van der Waals surface area (Å²) in [5.41, 5.74) is 2.66. The van der Waals surface area contributed by atoms with Gasteiger partial charge in [0, 0.05) is 49.9 Å². The van der Waals surface area contributed by atoms with E-state index in [9.17, 15) is 14.9 Å². The van der Waals surface area contributed by atoms with E-state index in [2.05, 4.69) is 15.5 Å². The molecule has 1 fully saturated rings. The molecule has 1 amide bonds. The van der Waals surface area contributed by atoms with Gasteiger partial charge in [-0.05, 0) is 63.4 Å². The summed E-state index contributed by atoms with van der Waals surface area (Å²) in [6, 6.07) is 4.49. The number of methoxy groups -OCH3 is 1. The first-order valence-corrected chi connectivity index (χ1v) is 12.3. The smallest absolute Gasteiger partial charge is 0.310 e. The summed E-state index contributed by atoms with van der Waals surface area (Å²) in [4.78, 5) is 34.8. The van der Waals surface area contributed by atoms with Crippen LogP contribution in [-0.2, 0) is 12.8 Å². The lowest BCUT2D eigenvalue weighted by molar-refractivity contribution is -0.385. The van der Waals surface area contributed by atoms with E-state index in [1.54, 1.807) is 0 Å². The van der Waals surface area contributed by atoms with Gasteiger partial charge < -0.3 is 20.3 Å². The number of benzene rings is 1. The van der Waals surface area contributed by atoms with Crippen molar-refractivity contribution in [3.63, 3.8) is 0 Å². The maximum atomic E-state index is 12.6. The molecule has 188 valence electrons. The van der Waals surface area contributed by atoms with E-state index < -0.39 is 4.92 Å². The summed E-state index contributed by atoms with van der Waals surface area (Å²) in [6.45, 7) is 0.574. The van der Waals surface area contributed by atoms with Crippen molar-refractivity contribution in [2.24, 2.45) is 5.92 Å². The number of amides is 1. The Balaban J connectivity index is 1.29. The van der Waals surface area contributed by atoms with Crippen LogP contribution in [0.4, 0.5) is 17.5 Å². The highest BCUT2D eigenvalue weighted by Crippen LogP contribution is 2.31. The molecule has 4 rings (SSSR count). The van der Waals surface area contributed by atoms with Crippen LogP contribution in [0.2, 0.25) is 0 Å². The summed E-state index contributed by atoms with van der Waals surface area (Å²) in [7, 11) is 5.42. The topological polar surface area (TPSA) is 123 Å². The number of fused-ring (bicyclic) bond motifs is 1. The minimum absolute atomic E-state index is 0.0797. The molecule has 0 unspecified atom stereocenters. The van der Waals surface area contributed by atoms with E-state index in [0.29, 0.717) is 24.1 Å². The average Bonchev–Trinajstić information content (AvgIpc) is 2.87. The molecule has 0 aliphatic heterocycles. The molecule has 35 heavy (non-hydrogen) atoms. The SMILES string of the molecule is COc1cc(C(=O)NCC2CCC(Nc3nc4c(c(N(C)C)n3)CCCC4)CC2)ccc1[N+](=O)[O-]. The number of anilines is 2. The van der Waals surface area contributed by atoms with Crippen LogP contribution in [0.15, 0.2) is 18.2 Å². The molecule has 1 aromatic carbocycles. The van der Waals surface area contributed by atoms with E-state index in [-0.39, 0.29) is 17.3 Å². The Hall–Kier alpha value is -3.43. The summed E-state index contributed by atoms with van der Waals surface area (Å²) in [5.74, 6) is 1.96. The lowest BCUT2D eigenvalue weighted by Gasteiger charge is -2.30. The summed E-state index contributed by atoms with van der Waals surface area (Å²) in [5, 5.41) is 17.6. The number of carbonyl (C=O) groups is 1. The Labute approximate surface area is 205 Å². The van der Waals surface area contributed by atoms with Crippen molar-refractivity contribution < 1.29 is 14.5 Å². The zero-order chi connectivity index (χ0) is 24.9. The maximum Gasteiger partial charge on any atom is 0.310 e. The molecular weight excluding hydrogens is 448 g/mol. The fourth-order valence-electron chi connectivity index (χ4n) is 5.01. The molecule has 0 spiro atoms. The minimum atomic E-state index is -0.524. The highest BCUT2D eigenvalue weighted by atomic mass is 16.6. The molecule has 2 N–H and O–H groups in total. The zero-order valence-corrected chi connectivity index (χ0v) is 20.7. The molecule has 0 atom stereocenters. The number of ether oxygens (including phenoxy) is 1. The van der Waals surface area contributed by atoms with Gasteiger partial charge in [-0.1, -0.05) is 0 Å². The first-order chi connectivity index (χ1) is 16.9. The monoisotopic (exact) mass is 482 g/mol. The maximum absolute atomic E-state index is 12.6. The van der Waals surface area contributed by atoms with Crippen molar-refractivity contribution in [3.8, 4) is 5.75 Å². The molecule has 0 bridgehead atoms. The van der Waals surface area contributed by atoms with Gasteiger partial charge >= 0.3 is 5.69 Å². The van der Waals surface area contributed by atoms with E-state index in [0.717, 1.165) is 50.3 Å². The molecule has 1 saturated carbocycles. The third-order valence-corrected chi connectivity index (χ3v) is 6.95. The number of rotatable bonds is 8. The van der Waals surface area contributed by atoms with Crippen LogP contribution in [0, 0.1) is 16.0 Å². The van der Waals surface area contributed by atoms with Crippen LogP contribution in [0.3, 0.4) is 0 Å². The standard InChI is InChI=1S/C25H34N6O4/c1-30(2)23-19-6-4-5-7-20(19)28-25(29-23)27-18-11-8-16(9-12-18)15-26-24(32)17-10-13-21(31(33)34)22(14-17)35-3/h10,13-14,16,18H,4-9,11-12,15H2,1-3H3,(H,26,32)(H,27,28,29). The molecule has 0 saturated heterocycles. The van der Waals surface area contributed by atoms with Crippen LogP contribution >= 0.6 is 0 Å². The van der Waals surface area contributed by atoms with Gasteiger partial charge in [0.2, 0.25) is 5.95 Å². The van der Waals surface area contributed by atoms with Crippen LogP contribution in [0.5, 0.6) is 5.75 Å². The van der Waals surface area contributed by atoms with Crippen LogP contribution in [-0.4, -0.2) is 54.6 Å². The summed E-state index contributed by atoms with van der Waals surface area (Å²) < 4.78 is 5.06. The predicted octanol–water partition coefficient (Wildman–Crippen LogP) is 3.74. The third-order valence-electron chi connectivity index (χ3n) is 6.95. The molecule has 1 heterocycles. The fraction of sp³-hybridized carbons (Fsp3) is 0.560. The molecule has 10 heteroatoms.